The van der Waals surface area contributed by atoms with Gasteiger partial charge < -0.3 is 10.4 Å². The summed E-state index contributed by atoms with van der Waals surface area (Å²) in [5, 5.41) is 13.8. The quantitative estimate of drug-likeness (QED) is 0.631. The topological polar surface area (TPSA) is 32.3 Å². The summed E-state index contributed by atoms with van der Waals surface area (Å²) in [4.78, 5) is 0. The number of aliphatic hydroxyl groups is 1. The third-order valence-corrected chi connectivity index (χ3v) is 9.83. The van der Waals surface area contributed by atoms with Crippen LogP contribution in [0.2, 0.25) is 0 Å². The van der Waals surface area contributed by atoms with Gasteiger partial charge in [0.2, 0.25) is 0 Å². The van der Waals surface area contributed by atoms with Gasteiger partial charge in [0, 0.05) is 0 Å². The Hall–Kier alpha value is -0.600. The first-order chi connectivity index (χ1) is 12.9. The van der Waals surface area contributed by atoms with Crippen LogP contribution in [-0.2, 0) is 0 Å². The molecule has 7 atom stereocenters. The maximum Gasteiger partial charge on any atom is 0.0577 e. The van der Waals surface area contributed by atoms with Crippen molar-refractivity contribution in [2.45, 2.75) is 78.2 Å². The van der Waals surface area contributed by atoms with E-state index in [1.165, 1.54) is 51.6 Å². The van der Waals surface area contributed by atoms with Crippen LogP contribution in [0.25, 0.3) is 0 Å². The van der Waals surface area contributed by atoms with E-state index in [2.05, 4.69) is 38.2 Å². The van der Waals surface area contributed by atoms with Gasteiger partial charge in [-0.2, -0.15) is 0 Å². The second kappa shape index (κ2) is 6.46. The zero-order valence-corrected chi connectivity index (χ0v) is 17.6. The Morgan fingerprint density at radius 2 is 1.74 bits per heavy atom. The zero-order chi connectivity index (χ0) is 18.8. The molecule has 2 nitrogen and oxygen atoms in total. The molecule has 3 fully saturated rings. The van der Waals surface area contributed by atoms with Gasteiger partial charge in [-0.05, 0) is 105 Å². The maximum atomic E-state index is 10.3. The third-order valence-electron chi connectivity index (χ3n) is 9.83. The highest BCUT2D eigenvalue weighted by Crippen LogP contribution is 2.67. The smallest absolute Gasteiger partial charge is 0.0577 e. The molecule has 1 heterocycles. The van der Waals surface area contributed by atoms with Crippen LogP contribution in [0.3, 0.4) is 0 Å². The van der Waals surface area contributed by atoms with E-state index in [0.29, 0.717) is 16.7 Å². The monoisotopic (exact) mass is 369 g/mol. The third kappa shape index (κ3) is 2.65. The van der Waals surface area contributed by atoms with Gasteiger partial charge in [-0.25, -0.2) is 0 Å². The number of aliphatic hydroxyl groups excluding tert-OH is 1. The largest absolute Gasteiger partial charge is 0.393 e. The molecule has 5 rings (SSSR count). The van der Waals surface area contributed by atoms with Crippen LogP contribution < -0.4 is 5.32 Å². The van der Waals surface area contributed by atoms with Crippen LogP contribution in [0.4, 0.5) is 0 Å². The molecule has 0 aromatic carbocycles. The van der Waals surface area contributed by atoms with Crippen molar-refractivity contribution in [1.29, 1.82) is 0 Å². The second-order valence-electron chi connectivity index (χ2n) is 11.0. The van der Waals surface area contributed by atoms with Crippen molar-refractivity contribution >= 4 is 0 Å². The maximum absolute atomic E-state index is 10.3. The lowest BCUT2D eigenvalue weighted by Crippen LogP contribution is -2.52. The molecule has 2 N–H and O–H groups in total. The molecule has 0 aromatic heterocycles. The van der Waals surface area contributed by atoms with Crippen molar-refractivity contribution < 1.29 is 5.11 Å². The zero-order valence-electron chi connectivity index (χ0n) is 17.6. The van der Waals surface area contributed by atoms with Crippen molar-refractivity contribution in [3.63, 3.8) is 0 Å². The number of nitrogens with one attached hydrogen (secondary N) is 1. The van der Waals surface area contributed by atoms with E-state index < -0.39 is 0 Å². The molecule has 0 bridgehead atoms. The van der Waals surface area contributed by atoms with E-state index in [0.717, 1.165) is 36.5 Å². The average Bonchev–Trinajstić information content (AvgIpc) is 3.01. The molecule has 1 saturated heterocycles. The summed E-state index contributed by atoms with van der Waals surface area (Å²) < 4.78 is 0. The minimum atomic E-state index is -0.0957. The summed E-state index contributed by atoms with van der Waals surface area (Å²) in [7, 11) is 0. The number of hydrogen-bond acceptors (Lipinski definition) is 2. The van der Waals surface area contributed by atoms with Gasteiger partial charge in [-0.1, -0.05) is 44.1 Å². The molecule has 0 spiro atoms. The SMILES string of the molecule is CC1C=C2CC(O)CC[C@]2(C)[C@@H]2CC[C@]3(C)C(C4CCNCC4)=CC[C@H]3[C@H]12. The van der Waals surface area contributed by atoms with Crippen molar-refractivity contribution in [3.8, 4) is 0 Å². The molecule has 2 saturated carbocycles. The van der Waals surface area contributed by atoms with Gasteiger partial charge in [0.1, 0.15) is 0 Å². The highest BCUT2D eigenvalue weighted by Gasteiger charge is 2.58. The molecule has 27 heavy (non-hydrogen) atoms. The van der Waals surface area contributed by atoms with Gasteiger partial charge in [0.15, 0.2) is 0 Å². The van der Waals surface area contributed by atoms with E-state index in [9.17, 15) is 5.11 Å². The molecule has 0 aromatic rings. The molecule has 0 amide bonds. The number of allylic oxidation sites excluding steroid dienone is 3. The van der Waals surface area contributed by atoms with E-state index >= 15 is 0 Å². The predicted molar refractivity (Wildman–Crippen MR) is 111 cm³/mol. The summed E-state index contributed by atoms with van der Waals surface area (Å²) in [6.07, 6.45) is 15.2. The average molecular weight is 370 g/mol. The summed E-state index contributed by atoms with van der Waals surface area (Å²) >= 11 is 0. The van der Waals surface area contributed by atoms with Gasteiger partial charge in [-0.3, -0.25) is 0 Å². The minimum absolute atomic E-state index is 0.0957. The first-order valence-electron chi connectivity index (χ1n) is 11.7. The fourth-order valence-corrected chi connectivity index (χ4v) is 8.37. The number of fused-ring (bicyclic) bond motifs is 5. The second-order valence-corrected chi connectivity index (χ2v) is 11.0. The molecule has 5 aliphatic rings. The van der Waals surface area contributed by atoms with Crippen LogP contribution in [0.15, 0.2) is 23.3 Å². The van der Waals surface area contributed by atoms with Crippen LogP contribution >= 0.6 is 0 Å². The Morgan fingerprint density at radius 1 is 1.00 bits per heavy atom. The van der Waals surface area contributed by atoms with Crippen molar-refractivity contribution in [3.05, 3.63) is 23.3 Å². The highest BCUT2D eigenvalue weighted by molar-refractivity contribution is 5.32. The highest BCUT2D eigenvalue weighted by atomic mass is 16.3. The summed E-state index contributed by atoms with van der Waals surface area (Å²) in [6, 6.07) is 0. The standard InChI is InChI=1S/C25H39NO/c1-16-14-18-15-19(27)6-10-24(18,2)22-7-11-25(3)20(4-5-21(25)23(16)22)17-8-12-26-13-9-17/h4,14,16-17,19,21-23,26-27H,5-13,15H2,1-3H3/t16?,19?,21-,22+,23-,24-,25+/m0/s1. The fraction of sp³-hybridized carbons (Fsp3) is 0.840. The first kappa shape index (κ1) is 18.4. The van der Waals surface area contributed by atoms with Crippen molar-refractivity contribution in [1.82, 2.24) is 5.32 Å². The first-order valence-corrected chi connectivity index (χ1v) is 11.7. The summed E-state index contributed by atoms with van der Waals surface area (Å²) in [6.45, 7) is 10.1. The number of hydrogen-bond donors (Lipinski definition) is 2. The molecule has 1 aliphatic heterocycles. The summed E-state index contributed by atoms with van der Waals surface area (Å²) in [5.41, 5.74) is 4.25. The molecule has 4 aliphatic carbocycles. The molecular formula is C25H39NO. The van der Waals surface area contributed by atoms with E-state index in [-0.39, 0.29) is 6.10 Å². The van der Waals surface area contributed by atoms with Crippen LogP contribution in [0.5, 0.6) is 0 Å². The Kier molecular flexibility index (Phi) is 4.41. The molecular weight excluding hydrogens is 330 g/mol. The van der Waals surface area contributed by atoms with Gasteiger partial charge in [-0.15, -0.1) is 0 Å². The number of piperidine rings is 1. The molecule has 0 radical (unpaired) electrons. The van der Waals surface area contributed by atoms with Crippen molar-refractivity contribution in [2.24, 2.45) is 40.4 Å². The molecule has 2 heteroatoms. The molecule has 2 unspecified atom stereocenters. The predicted octanol–water partition coefficient (Wildman–Crippen LogP) is 5.09. The Balaban J connectivity index is 1.46. The Bertz CT molecular complexity index is 659. The normalized spacial score (nSPS) is 50.3. The lowest BCUT2D eigenvalue weighted by molar-refractivity contribution is -0.0503. The number of rotatable bonds is 1. The van der Waals surface area contributed by atoms with Gasteiger partial charge in [0.25, 0.3) is 0 Å². The van der Waals surface area contributed by atoms with Crippen LogP contribution in [0, 0.1) is 40.4 Å². The van der Waals surface area contributed by atoms with E-state index in [4.69, 9.17) is 0 Å². The lowest BCUT2D eigenvalue weighted by Gasteiger charge is -2.60. The van der Waals surface area contributed by atoms with Gasteiger partial charge in [0.05, 0.1) is 6.10 Å². The summed E-state index contributed by atoms with van der Waals surface area (Å²) in [5.74, 6) is 4.02. The Labute approximate surface area is 165 Å². The fourth-order valence-electron chi connectivity index (χ4n) is 8.37. The van der Waals surface area contributed by atoms with E-state index in [1.807, 2.05) is 5.57 Å². The van der Waals surface area contributed by atoms with E-state index in [1.54, 1.807) is 5.57 Å². The lowest BCUT2D eigenvalue weighted by atomic mass is 9.45. The van der Waals surface area contributed by atoms with Crippen molar-refractivity contribution in [2.75, 3.05) is 13.1 Å². The molecule has 150 valence electrons. The van der Waals surface area contributed by atoms with Gasteiger partial charge >= 0.3 is 0 Å². The van der Waals surface area contributed by atoms with Crippen LogP contribution in [-0.4, -0.2) is 24.3 Å². The van der Waals surface area contributed by atoms with Crippen LogP contribution in [0.1, 0.15) is 72.1 Å². The minimum Gasteiger partial charge on any atom is -0.393 e. The Morgan fingerprint density at radius 3 is 2.52 bits per heavy atom.